The highest BCUT2D eigenvalue weighted by Crippen LogP contribution is 2.11. The fourth-order valence-corrected chi connectivity index (χ4v) is 1.60. The summed E-state index contributed by atoms with van der Waals surface area (Å²) in [6.07, 6.45) is 0. The van der Waals surface area contributed by atoms with Crippen LogP contribution < -0.4 is 5.32 Å². The van der Waals surface area contributed by atoms with Crippen LogP contribution >= 0.6 is 0 Å². The topological polar surface area (TPSA) is 41.6 Å². The van der Waals surface area contributed by atoms with Crippen LogP contribution in [0.15, 0.2) is 0 Å². The van der Waals surface area contributed by atoms with Crippen LogP contribution in [0.25, 0.3) is 0 Å². The molecule has 2 heterocycles. The quantitative estimate of drug-likeness (QED) is 0.582. The van der Waals surface area contributed by atoms with Gasteiger partial charge in [-0.15, -0.1) is 0 Å². The van der Waals surface area contributed by atoms with Crippen molar-refractivity contribution in [1.82, 2.24) is 10.2 Å². The van der Waals surface area contributed by atoms with Crippen molar-refractivity contribution in [2.75, 3.05) is 39.4 Å². The summed E-state index contributed by atoms with van der Waals surface area (Å²) in [5.74, 6) is 0.817. The fourth-order valence-electron chi connectivity index (χ4n) is 1.60. The number of nitrogens with zero attached hydrogens (tertiary/aromatic N) is 1. The van der Waals surface area contributed by atoms with Crippen LogP contribution in [0.4, 0.5) is 0 Å². The van der Waals surface area contributed by atoms with Gasteiger partial charge in [-0.1, -0.05) is 0 Å². The van der Waals surface area contributed by atoms with Gasteiger partial charge in [0.15, 0.2) is 0 Å². The number of rotatable bonds is 2. The van der Waals surface area contributed by atoms with Gasteiger partial charge >= 0.3 is 0 Å². The molecular weight excluding hydrogens is 156 g/mol. The number of carbonyl (C=O) groups excluding carboxylic acids is 1. The monoisotopic (exact) mass is 170 g/mol. The Kier molecular flexibility index (Phi) is 2.28. The molecule has 0 bridgehead atoms. The highest BCUT2D eigenvalue weighted by atomic mass is 16.5. The number of ether oxygens (including phenoxy) is 1. The molecule has 1 N–H and O–H groups in total. The van der Waals surface area contributed by atoms with Crippen LogP contribution in [-0.2, 0) is 9.53 Å². The maximum atomic E-state index is 11.0. The van der Waals surface area contributed by atoms with Gasteiger partial charge in [-0.05, 0) is 0 Å². The van der Waals surface area contributed by atoms with Gasteiger partial charge in [0.1, 0.15) is 0 Å². The number of hydrogen-bond donors (Lipinski definition) is 1. The predicted octanol–water partition coefficient (Wildman–Crippen LogP) is -0.935. The average Bonchev–Trinajstić information content (AvgIpc) is 1.97. The molecule has 68 valence electrons. The van der Waals surface area contributed by atoms with Crippen molar-refractivity contribution < 1.29 is 9.53 Å². The van der Waals surface area contributed by atoms with Gasteiger partial charge in [0, 0.05) is 25.6 Å². The van der Waals surface area contributed by atoms with Crippen LogP contribution in [0.1, 0.15) is 0 Å². The number of amides is 1. The van der Waals surface area contributed by atoms with Crippen LogP contribution in [0, 0.1) is 5.92 Å². The van der Waals surface area contributed by atoms with E-state index in [1.54, 1.807) is 0 Å². The van der Waals surface area contributed by atoms with Crippen molar-refractivity contribution in [3.05, 3.63) is 0 Å². The third-order valence-electron chi connectivity index (χ3n) is 2.34. The van der Waals surface area contributed by atoms with E-state index in [0.717, 1.165) is 32.8 Å². The first kappa shape index (κ1) is 8.01. The summed E-state index contributed by atoms with van der Waals surface area (Å²) in [5, 5.41) is 2.81. The molecule has 0 unspecified atom stereocenters. The van der Waals surface area contributed by atoms with E-state index in [9.17, 15) is 4.79 Å². The lowest BCUT2D eigenvalue weighted by Crippen LogP contribution is -2.51. The van der Waals surface area contributed by atoms with E-state index in [4.69, 9.17) is 4.74 Å². The van der Waals surface area contributed by atoms with Gasteiger partial charge in [0.25, 0.3) is 0 Å². The SMILES string of the molecule is O=C1CN(CC2COC2)CCN1. The molecule has 2 saturated heterocycles. The van der Waals surface area contributed by atoms with Gasteiger partial charge < -0.3 is 10.1 Å². The zero-order valence-corrected chi connectivity index (χ0v) is 7.08. The maximum absolute atomic E-state index is 11.0. The Labute approximate surface area is 71.9 Å². The van der Waals surface area contributed by atoms with Crippen molar-refractivity contribution in [2.45, 2.75) is 0 Å². The van der Waals surface area contributed by atoms with Gasteiger partial charge in [-0.25, -0.2) is 0 Å². The standard InChI is InChI=1S/C8H14N2O2/c11-8-4-10(2-1-9-8)3-7-5-12-6-7/h7H,1-6H2,(H,9,11). The lowest BCUT2D eigenvalue weighted by Gasteiger charge is -2.33. The van der Waals surface area contributed by atoms with Crippen molar-refractivity contribution in [1.29, 1.82) is 0 Å². The molecule has 2 rings (SSSR count). The Morgan fingerprint density at radius 1 is 1.58 bits per heavy atom. The van der Waals surface area contributed by atoms with Crippen LogP contribution in [0.2, 0.25) is 0 Å². The molecule has 2 fully saturated rings. The maximum Gasteiger partial charge on any atom is 0.234 e. The van der Waals surface area contributed by atoms with Gasteiger partial charge in [-0.3, -0.25) is 9.69 Å². The summed E-state index contributed by atoms with van der Waals surface area (Å²) in [6.45, 7) is 5.12. The minimum atomic E-state index is 0.154. The summed E-state index contributed by atoms with van der Waals surface area (Å²) >= 11 is 0. The van der Waals surface area contributed by atoms with Crippen LogP contribution in [0.5, 0.6) is 0 Å². The summed E-state index contributed by atoms with van der Waals surface area (Å²) < 4.78 is 5.08. The first-order valence-corrected chi connectivity index (χ1v) is 4.41. The molecule has 0 radical (unpaired) electrons. The normalized spacial score (nSPS) is 26.5. The van der Waals surface area contributed by atoms with E-state index in [2.05, 4.69) is 10.2 Å². The second kappa shape index (κ2) is 3.41. The number of nitrogens with one attached hydrogen (secondary N) is 1. The van der Waals surface area contributed by atoms with Gasteiger partial charge in [0.2, 0.25) is 5.91 Å². The Hall–Kier alpha value is -0.610. The van der Waals surface area contributed by atoms with Crippen molar-refractivity contribution >= 4 is 5.91 Å². The summed E-state index contributed by atoms with van der Waals surface area (Å²) in [6, 6.07) is 0. The van der Waals surface area contributed by atoms with E-state index < -0.39 is 0 Å². The molecule has 0 aliphatic carbocycles. The fraction of sp³-hybridized carbons (Fsp3) is 0.875. The lowest BCUT2D eigenvalue weighted by atomic mass is 10.1. The van der Waals surface area contributed by atoms with E-state index in [1.165, 1.54) is 0 Å². The number of piperazine rings is 1. The molecule has 4 nitrogen and oxygen atoms in total. The Morgan fingerprint density at radius 3 is 3.00 bits per heavy atom. The zero-order valence-electron chi connectivity index (χ0n) is 7.08. The molecule has 4 heteroatoms. The molecule has 1 amide bonds. The summed E-state index contributed by atoms with van der Waals surface area (Å²) in [7, 11) is 0. The molecule has 0 atom stereocenters. The zero-order chi connectivity index (χ0) is 8.39. The lowest BCUT2D eigenvalue weighted by molar-refractivity contribution is -0.125. The molecule has 0 aromatic carbocycles. The smallest absolute Gasteiger partial charge is 0.234 e. The molecular formula is C8H14N2O2. The third kappa shape index (κ3) is 1.76. The predicted molar refractivity (Wildman–Crippen MR) is 43.8 cm³/mol. The third-order valence-corrected chi connectivity index (χ3v) is 2.34. The minimum Gasteiger partial charge on any atom is -0.381 e. The molecule has 0 spiro atoms. The van der Waals surface area contributed by atoms with E-state index in [0.29, 0.717) is 12.5 Å². The van der Waals surface area contributed by atoms with Crippen molar-refractivity contribution in [2.24, 2.45) is 5.92 Å². The first-order valence-electron chi connectivity index (χ1n) is 4.41. The largest absolute Gasteiger partial charge is 0.381 e. The minimum absolute atomic E-state index is 0.154. The summed E-state index contributed by atoms with van der Waals surface area (Å²) in [4.78, 5) is 13.2. The number of hydrogen-bond acceptors (Lipinski definition) is 3. The number of carbonyl (C=O) groups is 1. The van der Waals surface area contributed by atoms with Crippen molar-refractivity contribution in [3.8, 4) is 0 Å². The Morgan fingerprint density at radius 2 is 2.42 bits per heavy atom. The van der Waals surface area contributed by atoms with Crippen molar-refractivity contribution in [3.63, 3.8) is 0 Å². The van der Waals surface area contributed by atoms with Crippen LogP contribution in [-0.4, -0.2) is 50.2 Å². The van der Waals surface area contributed by atoms with Gasteiger partial charge in [0.05, 0.1) is 19.8 Å². The molecule has 0 aromatic rings. The van der Waals surface area contributed by atoms with E-state index >= 15 is 0 Å². The molecule has 2 aliphatic rings. The highest BCUT2D eigenvalue weighted by molar-refractivity contribution is 5.78. The molecule has 0 saturated carbocycles. The van der Waals surface area contributed by atoms with Gasteiger partial charge in [-0.2, -0.15) is 0 Å². The molecule has 0 aromatic heterocycles. The highest BCUT2D eigenvalue weighted by Gasteiger charge is 2.24. The van der Waals surface area contributed by atoms with Crippen LogP contribution in [0.3, 0.4) is 0 Å². The summed E-state index contributed by atoms with van der Waals surface area (Å²) in [5.41, 5.74) is 0. The average molecular weight is 170 g/mol. The van der Waals surface area contributed by atoms with E-state index in [-0.39, 0.29) is 5.91 Å². The first-order chi connectivity index (χ1) is 5.84. The Bertz CT molecular complexity index is 180. The van der Waals surface area contributed by atoms with E-state index in [1.807, 2.05) is 0 Å². The molecule has 2 aliphatic heterocycles. The second-order valence-corrected chi connectivity index (χ2v) is 3.49. The second-order valence-electron chi connectivity index (χ2n) is 3.49. The molecule has 12 heavy (non-hydrogen) atoms. The Balaban J connectivity index is 1.74.